The lowest BCUT2D eigenvalue weighted by molar-refractivity contribution is 0.277. The Labute approximate surface area is 66.0 Å². The lowest BCUT2D eigenvalue weighted by Gasteiger charge is -1.95. The molecule has 0 bridgehead atoms. The van der Waals surface area contributed by atoms with E-state index in [0.29, 0.717) is 5.69 Å². The lowest BCUT2D eigenvalue weighted by atomic mass is 10.4. The van der Waals surface area contributed by atoms with Crippen LogP contribution in [0.1, 0.15) is 12.1 Å². The predicted octanol–water partition coefficient (Wildman–Crippen LogP) is 0.952. The summed E-state index contributed by atoms with van der Waals surface area (Å²) >= 11 is 0. The number of aryl methyl sites for hydroxylation is 1. The van der Waals surface area contributed by atoms with Gasteiger partial charge < -0.3 is 9.67 Å². The van der Waals surface area contributed by atoms with Crippen molar-refractivity contribution in [2.75, 3.05) is 0 Å². The van der Waals surface area contributed by atoms with Crippen LogP contribution in [0.15, 0.2) is 25.2 Å². The molecule has 0 aromatic carbocycles. The number of allylic oxidation sites excluding steroid dienone is 1. The Bertz CT molecular complexity index is 230. The van der Waals surface area contributed by atoms with Crippen LogP contribution in [0, 0.1) is 0 Å². The average molecular weight is 152 g/mol. The van der Waals surface area contributed by atoms with E-state index in [9.17, 15) is 0 Å². The van der Waals surface area contributed by atoms with E-state index in [1.807, 2.05) is 16.8 Å². The number of aromatic nitrogens is 2. The molecular formula is C8H12N2O. The molecule has 1 N–H and O–H groups in total. The van der Waals surface area contributed by atoms with Gasteiger partial charge in [0.2, 0.25) is 0 Å². The SMILES string of the molecule is C=CCCn1cnc(CO)c1. The molecule has 0 radical (unpaired) electrons. The summed E-state index contributed by atoms with van der Waals surface area (Å²) in [6.07, 6.45) is 6.35. The fourth-order valence-electron chi connectivity index (χ4n) is 0.851. The highest BCUT2D eigenvalue weighted by atomic mass is 16.3. The minimum atomic E-state index is 0.0150. The zero-order chi connectivity index (χ0) is 8.10. The molecule has 1 heterocycles. The average Bonchev–Trinajstić information content (AvgIpc) is 2.48. The molecule has 3 heteroatoms. The number of imidazole rings is 1. The number of aliphatic hydroxyl groups is 1. The van der Waals surface area contributed by atoms with Crippen molar-refractivity contribution in [1.82, 2.24) is 9.55 Å². The maximum atomic E-state index is 8.68. The molecule has 0 amide bonds. The predicted molar refractivity (Wildman–Crippen MR) is 43.0 cm³/mol. The fraction of sp³-hybridized carbons (Fsp3) is 0.375. The third-order valence-electron chi connectivity index (χ3n) is 1.44. The summed E-state index contributed by atoms with van der Waals surface area (Å²) in [6, 6.07) is 0. The maximum Gasteiger partial charge on any atom is 0.0950 e. The molecule has 1 aromatic rings. The monoisotopic (exact) mass is 152 g/mol. The first-order valence-electron chi connectivity index (χ1n) is 3.59. The molecule has 11 heavy (non-hydrogen) atoms. The lowest BCUT2D eigenvalue weighted by Crippen LogP contribution is -1.91. The van der Waals surface area contributed by atoms with Crippen molar-refractivity contribution in [1.29, 1.82) is 0 Å². The molecule has 0 aliphatic carbocycles. The molecule has 1 aromatic heterocycles. The van der Waals surface area contributed by atoms with Gasteiger partial charge in [-0.1, -0.05) is 6.08 Å². The molecule has 0 atom stereocenters. The first-order valence-corrected chi connectivity index (χ1v) is 3.59. The van der Waals surface area contributed by atoms with Gasteiger partial charge in [-0.3, -0.25) is 0 Å². The van der Waals surface area contributed by atoms with Crippen molar-refractivity contribution in [2.24, 2.45) is 0 Å². The number of rotatable bonds is 4. The molecular weight excluding hydrogens is 140 g/mol. The summed E-state index contributed by atoms with van der Waals surface area (Å²) in [6.45, 7) is 4.52. The van der Waals surface area contributed by atoms with Crippen molar-refractivity contribution >= 4 is 0 Å². The molecule has 0 saturated heterocycles. The van der Waals surface area contributed by atoms with E-state index < -0.39 is 0 Å². The van der Waals surface area contributed by atoms with E-state index in [4.69, 9.17) is 5.11 Å². The van der Waals surface area contributed by atoms with Crippen LogP contribution in [-0.2, 0) is 13.2 Å². The Morgan fingerprint density at radius 3 is 3.09 bits per heavy atom. The number of hydrogen-bond acceptors (Lipinski definition) is 2. The first-order chi connectivity index (χ1) is 5.36. The third-order valence-corrected chi connectivity index (χ3v) is 1.44. The Morgan fingerprint density at radius 1 is 1.73 bits per heavy atom. The van der Waals surface area contributed by atoms with Gasteiger partial charge in [0.25, 0.3) is 0 Å². The van der Waals surface area contributed by atoms with Gasteiger partial charge in [-0.25, -0.2) is 4.98 Å². The van der Waals surface area contributed by atoms with Gasteiger partial charge in [0.15, 0.2) is 0 Å². The summed E-state index contributed by atoms with van der Waals surface area (Å²) < 4.78 is 1.94. The molecule has 0 unspecified atom stereocenters. The van der Waals surface area contributed by atoms with Crippen LogP contribution in [0.25, 0.3) is 0 Å². The quantitative estimate of drug-likeness (QED) is 0.652. The molecule has 0 fully saturated rings. The number of aliphatic hydroxyl groups excluding tert-OH is 1. The van der Waals surface area contributed by atoms with E-state index in [1.54, 1.807) is 6.33 Å². The van der Waals surface area contributed by atoms with Crippen LogP contribution < -0.4 is 0 Å². The van der Waals surface area contributed by atoms with Gasteiger partial charge >= 0.3 is 0 Å². The van der Waals surface area contributed by atoms with Gasteiger partial charge in [-0.2, -0.15) is 0 Å². The van der Waals surface area contributed by atoms with E-state index in [0.717, 1.165) is 13.0 Å². The Hall–Kier alpha value is -1.09. The van der Waals surface area contributed by atoms with Gasteiger partial charge in [0.05, 0.1) is 18.6 Å². The third kappa shape index (κ3) is 2.20. The van der Waals surface area contributed by atoms with E-state index in [1.165, 1.54) is 0 Å². The highest BCUT2D eigenvalue weighted by Gasteiger charge is 1.94. The van der Waals surface area contributed by atoms with E-state index in [-0.39, 0.29) is 6.61 Å². The maximum absolute atomic E-state index is 8.68. The summed E-state index contributed by atoms with van der Waals surface area (Å²) in [5, 5.41) is 8.68. The van der Waals surface area contributed by atoms with Gasteiger partial charge in [0, 0.05) is 12.7 Å². The van der Waals surface area contributed by atoms with Crippen molar-refractivity contribution in [3.8, 4) is 0 Å². The van der Waals surface area contributed by atoms with Crippen LogP contribution in [0.4, 0.5) is 0 Å². The minimum Gasteiger partial charge on any atom is -0.390 e. The second-order valence-electron chi connectivity index (χ2n) is 2.34. The van der Waals surface area contributed by atoms with E-state index >= 15 is 0 Å². The Kier molecular flexibility index (Phi) is 2.86. The van der Waals surface area contributed by atoms with Crippen LogP contribution in [0.5, 0.6) is 0 Å². The van der Waals surface area contributed by atoms with Crippen LogP contribution in [-0.4, -0.2) is 14.7 Å². The highest BCUT2D eigenvalue weighted by Crippen LogP contribution is 1.97. The fourth-order valence-corrected chi connectivity index (χ4v) is 0.851. The van der Waals surface area contributed by atoms with Gasteiger partial charge in [-0.15, -0.1) is 6.58 Å². The smallest absolute Gasteiger partial charge is 0.0950 e. The number of hydrogen-bond donors (Lipinski definition) is 1. The minimum absolute atomic E-state index is 0.0150. The largest absolute Gasteiger partial charge is 0.390 e. The summed E-state index contributed by atoms with van der Waals surface area (Å²) in [5.74, 6) is 0. The van der Waals surface area contributed by atoms with Crippen LogP contribution in [0.2, 0.25) is 0 Å². The van der Waals surface area contributed by atoms with Gasteiger partial charge in [-0.05, 0) is 6.42 Å². The van der Waals surface area contributed by atoms with Crippen LogP contribution in [0.3, 0.4) is 0 Å². The normalized spacial score (nSPS) is 9.91. The van der Waals surface area contributed by atoms with Crippen molar-refractivity contribution in [3.05, 3.63) is 30.9 Å². The molecule has 0 saturated carbocycles. The Morgan fingerprint density at radius 2 is 2.55 bits per heavy atom. The second-order valence-corrected chi connectivity index (χ2v) is 2.34. The van der Waals surface area contributed by atoms with Crippen molar-refractivity contribution < 1.29 is 5.11 Å². The topological polar surface area (TPSA) is 38.0 Å². The van der Waals surface area contributed by atoms with E-state index in [2.05, 4.69) is 11.6 Å². The summed E-state index contributed by atoms with van der Waals surface area (Å²) in [4.78, 5) is 3.97. The molecule has 0 aliphatic rings. The first kappa shape index (κ1) is 8.01. The highest BCUT2D eigenvalue weighted by molar-refractivity contribution is 4.94. The van der Waals surface area contributed by atoms with Gasteiger partial charge in [0.1, 0.15) is 0 Å². The Balaban J connectivity index is 2.50. The molecule has 1 rings (SSSR count). The van der Waals surface area contributed by atoms with Crippen molar-refractivity contribution in [2.45, 2.75) is 19.6 Å². The summed E-state index contributed by atoms with van der Waals surface area (Å²) in [5.41, 5.74) is 0.717. The van der Waals surface area contributed by atoms with Crippen LogP contribution >= 0.6 is 0 Å². The van der Waals surface area contributed by atoms with Crippen molar-refractivity contribution in [3.63, 3.8) is 0 Å². The summed E-state index contributed by atoms with van der Waals surface area (Å²) in [7, 11) is 0. The molecule has 0 spiro atoms. The zero-order valence-electron chi connectivity index (χ0n) is 6.40. The number of nitrogens with zero attached hydrogens (tertiary/aromatic N) is 2. The molecule has 3 nitrogen and oxygen atoms in total. The molecule has 0 aliphatic heterocycles. The molecule has 60 valence electrons. The second kappa shape index (κ2) is 3.93. The zero-order valence-corrected chi connectivity index (χ0v) is 6.40. The standard InChI is InChI=1S/C8H12N2O/c1-2-3-4-10-5-8(6-11)9-7-10/h2,5,7,11H,1,3-4,6H2.